The molecule has 2 nitrogen and oxygen atoms in total. The van der Waals surface area contributed by atoms with E-state index in [0.717, 1.165) is 17.4 Å². The lowest BCUT2D eigenvalue weighted by Gasteiger charge is -2.06. The van der Waals surface area contributed by atoms with E-state index in [-0.39, 0.29) is 5.82 Å². The van der Waals surface area contributed by atoms with E-state index < -0.39 is 0 Å². The second-order valence-electron chi connectivity index (χ2n) is 5.61. The monoisotopic (exact) mass is 436 g/mol. The zero-order valence-electron chi connectivity index (χ0n) is 12.4. The van der Waals surface area contributed by atoms with Gasteiger partial charge >= 0.3 is 0 Å². The molecule has 0 aliphatic heterocycles. The molecule has 0 saturated heterocycles. The third-order valence-corrected chi connectivity index (χ3v) is 6.12. The van der Waals surface area contributed by atoms with Crippen LogP contribution in [0.5, 0.6) is 0 Å². The second kappa shape index (κ2) is 5.87. The highest BCUT2D eigenvalue weighted by molar-refractivity contribution is 14.2. The van der Waals surface area contributed by atoms with Gasteiger partial charge in [-0.15, -0.1) is 0 Å². The quantitative estimate of drug-likeness (QED) is 0.391. The van der Waals surface area contributed by atoms with Gasteiger partial charge in [0.25, 0.3) is 0 Å². The summed E-state index contributed by atoms with van der Waals surface area (Å²) in [5, 5.41) is 2.23. The molecular weight excluding hydrogens is 422 g/mol. The highest BCUT2D eigenvalue weighted by atomic mass is 127. The van der Waals surface area contributed by atoms with Gasteiger partial charge in [0.15, 0.2) is 0 Å². The first-order valence-corrected chi connectivity index (χ1v) is 10.6. The molecule has 0 saturated carbocycles. The fourth-order valence-corrected chi connectivity index (χ4v) is 5.07. The van der Waals surface area contributed by atoms with Crippen LogP contribution in [-0.4, -0.2) is 8.96 Å². The van der Waals surface area contributed by atoms with Crippen molar-refractivity contribution in [3.63, 3.8) is 0 Å². The molecule has 1 N–H and O–H groups in total. The van der Waals surface area contributed by atoms with Crippen molar-refractivity contribution in [1.29, 1.82) is 0 Å². The van der Waals surface area contributed by atoms with Crippen molar-refractivity contribution in [3.8, 4) is 0 Å². The standard InChI is InChI=1S/C18H14FIN2S/c1-11-13-5-2-3-8-16(13)22(23-20)17(11)9-12-10-21-18-14(12)6-4-7-15(18)19/h2-8,10,21H,9H2,1H3. The van der Waals surface area contributed by atoms with Crippen molar-refractivity contribution in [2.24, 2.45) is 0 Å². The van der Waals surface area contributed by atoms with Crippen LogP contribution in [0.4, 0.5) is 4.39 Å². The van der Waals surface area contributed by atoms with E-state index >= 15 is 0 Å². The predicted molar refractivity (Wildman–Crippen MR) is 105 cm³/mol. The molecular formula is C18H14FIN2S. The number of aryl methyl sites for hydroxylation is 1. The van der Waals surface area contributed by atoms with Gasteiger partial charge in [0.05, 0.1) is 11.0 Å². The first-order chi connectivity index (χ1) is 11.2. The number of para-hydroxylation sites is 2. The highest BCUT2D eigenvalue weighted by Gasteiger charge is 2.16. The van der Waals surface area contributed by atoms with Gasteiger partial charge in [0.2, 0.25) is 0 Å². The zero-order valence-corrected chi connectivity index (χ0v) is 15.4. The number of benzene rings is 2. The van der Waals surface area contributed by atoms with Crippen molar-refractivity contribution in [2.75, 3.05) is 0 Å². The number of H-pyrrole nitrogens is 1. The molecule has 0 amide bonds. The van der Waals surface area contributed by atoms with Gasteiger partial charge in [0.1, 0.15) is 5.82 Å². The normalized spacial score (nSPS) is 11.6. The SMILES string of the molecule is Cc1c(Cc2c[nH]c3c(F)cccc23)n(SI)c2ccccc12. The van der Waals surface area contributed by atoms with Crippen LogP contribution in [0.25, 0.3) is 21.8 Å². The summed E-state index contributed by atoms with van der Waals surface area (Å²) in [5.74, 6) is -0.200. The van der Waals surface area contributed by atoms with E-state index in [4.69, 9.17) is 0 Å². The maximum atomic E-state index is 13.9. The maximum Gasteiger partial charge on any atom is 0.147 e. The Morgan fingerprint density at radius 3 is 2.74 bits per heavy atom. The number of aromatic nitrogens is 2. The molecule has 4 aromatic rings. The molecule has 2 aromatic heterocycles. The average Bonchev–Trinajstić information content (AvgIpc) is 3.10. The summed E-state index contributed by atoms with van der Waals surface area (Å²) in [7, 11) is 1.68. The van der Waals surface area contributed by atoms with Crippen LogP contribution in [-0.2, 0) is 6.42 Å². The first kappa shape index (κ1) is 15.1. The lowest BCUT2D eigenvalue weighted by atomic mass is 10.1. The highest BCUT2D eigenvalue weighted by Crippen LogP contribution is 2.34. The molecule has 2 aromatic carbocycles. The molecule has 0 radical (unpaired) electrons. The fraction of sp³-hybridized carbons (Fsp3) is 0.111. The maximum absolute atomic E-state index is 13.9. The summed E-state index contributed by atoms with van der Waals surface area (Å²) >= 11 is 2.32. The van der Waals surface area contributed by atoms with E-state index in [9.17, 15) is 4.39 Å². The molecule has 0 bridgehead atoms. The minimum atomic E-state index is -0.200. The Kier molecular flexibility index (Phi) is 3.85. The molecule has 0 aliphatic carbocycles. The summed E-state index contributed by atoms with van der Waals surface area (Å²) in [6, 6.07) is 13.7. The van der Waals surface area contributed by atoms with Crippen molar-refractivity contribution < 1.29 is 4.39 Å². The van der Waals surface area contributed by atoms with Crippen LogP contribution >= 0.6 is 30.3 Å². The van der Waals surface area contributed by atoms with Gasteiger partial charge in [-0.25, -0.2) is 4.39 Å². The Hall–Kier alpha value is -1.47. The molecule has 0 unspecified atom stereocenters. The number of halogens is 2. The number of hydrogen-bond acceptors (Lipinski definition) is 1. The third kappa shape index (κ3) is 2.37. The van der Waals surface area contributed by atoms with E-state index in [1.54, 1.807) is 15.2 Å². The van der Waals surface area contributed by atoms with Crippen LogP contribution in [0, 0.1) is 12.7 Å². The van der Waals surface area contributed by atoms with Crippen LogP contribution in [0.3, 0.4) is 0 Å². The van der Waals surface area contributed by atoms with E-state index in [1.165, 1.54) is 28.2 Å². The minimum Gasteiger partial charge on any atom is -0.359 e. The summed E-state index contributed by atoms with van der Waals surface area (Å²) in [6.45, 7) is 2.16. The Balaban J connectivity index is 1.89. The van der Waals surface area contributed by atoms with Crippen LogP contribution in [0.15, 0.2) is 48.7 Å². The molecule has 0 fully saturated rings. The van der Waals surface area contributed by atoms with Gasteiger partial charge in [-0.2, -0.15) is 0 Å². The molecule has 116 valence electrons. The first-order valence-electron chi connectivity index (χ1n) is 7.33. The number of hydrogen-bond donors (Lipinski definition) is 1. The van der Waals surface area contributed by atoms with Crippen molar-refractivity contribution in [1.82, 2.24) is 8.96 Å². The van der Waals surface area contributed by atoms with Crippen molar-refractivity contribution >= 4 is 52.1 Å². The Bertz CT molecular complexity index is 1020. The lowest BCUT2D eigenvalue weighted by molar-refractivity contribution is 0.637. The minimum absolute atomic E-state index is 0.200. The molecule has 0 aliphatic rings. The average molecular weight is 436 g/mol. The van der Waals surface area contributed by atoms with Gasteiger partial charge in [-0.1, -0.05) is 30.3 Å². The van der Waals surface area contributed by atoms with E-state index in [1.807, 2.05) is 12.3 Å². The number of rotatable bonds is 3. The van der Waals surface area contributed by atoms with E-state index in [2.05, 4.69) is 61.4 Å². The molecule has 0 atom stereocenters. The largest absolute Gasteiger partial charge is 0.359 e. The van der Waals surface area contributed by atoms with Crippen molar-refractivity contribution in [3.05, 3.63) is 71.3 Å². The predicted octanol–water partition coefficient (Wildman–Crippen LogP) is 6.01. The topological polar surface area (TPSA) is 20.7 Å². The number of fused-ring (bicyclic) bond motifs is 2. The van der Waals surface area contributed by atoms with E-state index in [0.29, 0.717) is 5.52 Å². The van der Waals surface area contributed by atoms with Crippen LogP contribution in [0.2, 0.25) is 0 Å². The summed E-state index contributed by atoms with van der Waals surface area (Å²) in [4.78, 5) is 3.07. The molecule has 2 heterocycles. The van der Waals surface area contributed by atoms with Gasteiger partial charge in [-0.3, -0.25) is 3.97 Å². The summed E-state index contributed by atoms with van der Waals surface area (Å²) in [5.41, 5.74) is 5.48. The molecule has 23 heavy (non-hydrogen) atoms. The third-order valence-electron chi connectivity index (χ3n) is 4.38. The summed E-state index contributed by atoms with van der Waals surface area (Å²) in [6.07, 6.45) is 2.70. The lowest BCUT2D eigenvalue weighted by Crippen LogP contribution is -1.96. The van der Waals surface area contributed by atoms with Crippen LogP contribution in [0.1, 0.15) is 16.8 Å². The van der Waals surface area contributed by atoms with Crippen LogP contribution < -0.4 is 0 Å². The Morgan fingerprint density at radius 2 is 1.91 bits per heavy atom. The molecule has 0 spiro atoms. The second-order valence-corrected chi connectivity index (χ2v) is 7.29. The zero-order chi connectivity index (χ0) is 16.0. The Morgan fingerprint density at radius 1 is 1.13 bits per heavy atom. The van der Waals surface area contributed by atoms with Crippen molar-refractivity contribution in [2.45, 2.75) is 13.3 Å². The number of nitrogens with one attached hydrogen (secondary N) is 1. The number of aromatic amines is 1. The summed E-state index contributed by atoms with van der Waals surface area (Å²) < 4.78 is 16.2. The Labute approximate surface area is 149 Å². The number of nitrogens with zero attached hydrogens (tertiary/aromatic N) is 1. The fourth-order valence-electron chi connectivity index (χ4n) is 3.21. The van der Waals surface area contributed by atoms with Gasteiger partial charge in [-0.05, 0) is 30.2 Å². The smallest absolute Gasteiger partial charge is 0.147 e. The van der Waals surface area contributed by atoms with Gasteiger partial charge < -0.3 is 4.98 Å². The molecule has 5 heteroatoms. The van der Waals surface area contributed by atoms with Gasteiger partial charge in [0, 0.05) is 59.4 Å². The molecule has 4 rings (SSSR count).